The molecule has 0 unspecified atom stereocenters. The van der Waals surface area contributed by atoms with E-state index in [0.717, 1.165) is 66.8 Å². The molecule has 0 spiro atoms. The van der Waals surface area contributed by atoms with E-state index in [-0.39, 0.29) is 0 Å². The van der Waals surface area contributed by atoms with Crippen LogP contribution in [0.4, 0.5) is 0 Å². The Balaban J connectivity index is 1.22. The van der Waals surface area contributed by atoms with Gasteiger partial charge in [0.1, 0.15) is 17.3 Å². The first-order valence-corrected chi connectivity index (χ1v) is 19.4. The normalized spacial score (nSPS) is 11.8. The minimum absolute atomic E-state index is 0.617. The summed E-state index contributed by atoms with van der Waals surface area (Å²) in [5, 5.41) is 18.4. The summed E-state index contributed by atoms with van der Waals surface area (Å²) in [4.78, 5) is 4.82. The predicted molar refractivity (Wildman–Crippen MR) is 236 cm³/mol. The summed E-state index contributed by atoms with van der Waals surface area (Å²) >= 11 is 0. The highest BCUT2D eigenvalue weighted by Gasteiger charge is 2.23. The third kappa shape index (κ3) is 4.91. The fraction of sp³-hybridized carbons (Fsp3) is 0.0769. The van der Waals surface area contributed by atoms with Gasteiger partial charge >= 0.3 is 0 Å². The molecule has 0 saturated heterocycles. The lowest BCUT2D eigenvalue weighted by Crippen LogP contribution is -2.05. The van der Waals surface area contributed by atoms with Crippen LogP contribution in [-0.2, 0) is 0 Å². The van der Waals surface area contributed by atoms with Gasteiger partial charge in [-0.1, -0.05) is 76.9 Å². The molecule has 4 heterocycles. The summed E-state index contributed by atoms with van der Waals surface area (Å²) in [7, 11) is 0. The van der Waals surface area contributed by atoms with Gasteiger partial charge in [-0.05, 0) is 130 Å². The van der Waals surface area contributed by atoms with Crippen LogP contribution in [-0.4, -0.2) is 18.7 Å². The lowest BCUT2D eigenvalue weighted by atomic mass is 9.99. The lowest BCUT2D eigenvalue weighted by molar-refractivity contribution is 1.12. The minimum Gasteiger partial charge on any atom is -0.308 e. The molecular formula is C52H37N5. The maximum atomic E-state index is 11.4. The Morgan fingerprint density at radius 1 is 0.421 bits per heavy atom. The van der Waals surface area contributed by atoms with Gasteiger partial charge in [0, 0.05) is 44.2 Å². The second-order valence-electron chi connectivity index (χ2n) is 15.5. The Kier molecular flexibility index (Phi) is 7.11. The van der Waals surface area contributed by atoms with Gasteiger partial charge in [0.05, 0.1) is 39.0 Å². The molecule has 0 saturated carbocycles. The van der Waals surface area contributed by atoms with Crippen molar-refractivity contribution in [3.63, 3.8) is 0 Å². The molecule has 0 amide bonds. The third-order valence-corrected chi connectivity index (χ3v) is 11.7. The second kappa shape index (κ2) is 12.3. The van der Waals surface area contributed by atoms with Gasteiger partial charge in [-0.25, -0.2) is 4.98 Å². The molecule has 0 N–H and O–H groups in total. The maximum absolute atomic E-state index is 11.4. The number of fused-ring (bicyclic) bond motifs is 9. The molecule has 5 nitrogen and oxygen atoms in total. The molecule has 0 aliphatic rings. The molecule has 11 aromatic rings. The highest BCUT2D eigenvalue weighted by molar-refractivity contribution is 6.12. The number of aryl methyl sites for hydroxylation is 4. The SMILES string of the molecule is Cc1ccc2c(c1)c1cc(C)ccc1n2-c1cc(-c2ccc(-n3c4ccccc4c4cccnc43)cc2)cc(-n2c3ccc(C)cc3c3cc(C)ccc32)c1C#N. The fourth-order valence-corrected chi connectivity index (χ4v) is 9.13. The molecule has 0 bridgehead atoms. The summed E-state index contributed by atoms with van der Waals surface area (Å²) in [5.41, 5.74) is 16.6. The summed E-state index contributed by atoms with van der Waals surface area (Å²) in [6.45, 7) is 8.57. The van der Waals surface area contributed by atoms with E-state index < -0.39 is 0 Å². The zero-order valence-electron chi connectivity index (χ0n) is 32.2. The van der Waals surface area contributed by atoms with E-state index in [1.165, 1.54) is 49.2 Å². The Morgan fingerprint density at radius 2 is 0.877 bits per heavy atom. The van der Waals surface area contributed by atoms with Crippen molar-refractivity contribution in [2.75, 3.05) is 0 Å². The quantitative estimate of drug-likeness (QED) is 0.181. The Labute approximate surface area is 329 Å². The molecule has 7 aromatic carbocycles. The van der Waals surface area contributed by atoms with Crippen molar-refractivity contribution in [1.82, 2.24) is 18.7 Å². The number of aromatic nitrogens is 4. The van der Waals surface area contributed by atoms with Gasteiger partial charge in [0.2, 0.25) is 0 Å². The van der Waals surface area contributed by atoms with E-state index in [2.05, 4.69) is 187 Å². The van der Waals surface area contributed by atoms with Crippen LogP contribution in [0.15, 0.2) is 152 Å². The predicted octanol–water partition coefficient (Wildman–Crippen LogP) is 13.1. The van der Waals surface area contributed by atoms with Gasteiger partial charge in [-0.15, -0.1) is 0 Å². The van der Waals surface area contributed by atoms with Crippen LogP contribution in [0.2, 0.25) is 0 Å². The molecule has 11 rings (SSSR count). The molecule has 5 heteroatoms. The lowest BCUT2D eigenvalue weighted by Gasteiger charge is -2.19. The first kappa shape index (κ1) is 33.0. The van der Waals surface area contributed by atoms with Crippen molar-refractivity contribution < 1.29 is 0 Å². The number of pyridine rings is 1. The molecule has 270 valence electrons. The number of nitrogens with zero attached hydrogens (tertiary/aromatic N) is 5. The van der Waals surface area contributed by atoms with Crippen molar-refractivity contribution in [2.24, 2.45) is 0 Å². The number of para-hydroxylation sites is 1. The van der Waals surface area contributed by atoms with Gasteiger partial charge in [-0.3, -0.25) is 4.57 Å². The highest BCUT2D eigenvalue weighted by atomic mass is 15.0. The Hall–Kier alpha value is -7.42. The van der Waals surface area contributed by atoms with Crippen molar-refractivity contribution in [3.05, 3.63) is 180 Å². The van der Waals surface area contributed by atoms with Crippen LogP contribution in [0, 0.1) is 39.0 Å². The van der Waals surface area contributed by atoms with Crippen molar-refractivity contribution in [1.29, 1.82) is 5.26 Å². The van der Waals surface area contributed by atoms with Gasteiger partial charge in [-0.2, -0.15) is 5.26 Å². The van der Waals surface area contributed by atoms with Crippen molar-refractivity contribution in [3.8, 4) is 34.3 Å². The van der Waals surface area contributed by atoms with Gasteiger partial charge < -0.3 is 9.13 Å². The van der Waals surface area contributed by atoms with Gasteiger partial charge in [0.25, 0.3) is 0 Å². The van der Waals surface area contributed by atoms with Crippen molar-refractivity contribution >= 4 is 65.5 Å². The van der Waals surface area contributed by atoms with E-state index in [1.807, 2.05) is 12.3 Å². The summed E-state index contributed by atoms with van der Waals surface area (Å²) < 4.78 is 6.85. The zero-order chi connectivity index (χ0) is 38.5. The van der Waals surface area contributed by atoms with E-state index in [9.17, 15) is 5.26 Å². The Bertz CT molecular complexity index is 3190. The first-order chi connectivity index (χ1) is 27.9. The van der Waals surface area contributed by atoms with Crippen LogP contribution in [0.1, 0.15) is 27.8 Å². The van der Waals surface area contributed by atoms with Gasteiger partial charge in [0.15, 0.2) is 0 Å². The maximum Gasteiger partial charge on any atom is 0.145 e. The van der Waals surface area contributed by atoms with E-state index >= 15 is 0 Å². The first-order valence-electron chi connectivity index (χ1n) is 19.4. The van der Waals surface area contributed by atoms with Crippen LogP contribution in [0.25, 0.3) is 93.7 Å². The Morgan fingerprint density at radius 3 is 1.37 bits per heavy atom. The number of benzene rings is 7. The van der Waals surface area contributed by atoms with Crippen LogP contribution < -0.4 is 0 Å². The molecule has 0 atom stereocenters. The smallest absolute Gasteiger partial charge is 0.145 e. The average molecular weight is 732 g/mol. The van der Waals surface area contributed by atoms with E-state index in [1.54, 1.807) is 0 Å². The molecule has 4 aromatic heterocycles. The summed E-state index contributed by atoms with van der Waals surface area (Å²) in [6.07, 6.45) is 1.86. The molecule has 0 aliphatic heterocycles. The summed E-state index contributed by atoms with van der Waals surface area (Å²) in [5.74, 6) is 0. The number of nitriles is 1. The van der Waals surface area contributed by atoms with E-state index in [4.69, 9.17) is 4.98 Å². The highest BCUT2D eigenvalue weighted by Crippen LogP contribution is 2.41. The zero-order valence-corrected chi connectivity index (χ0v) is 32.2. The molecule has 0 radical (unpaired) electrons. The standard InChI is InChI=1S/C52H37N5/c1-31-11-19-46-40(24-31)41-25-32(2)12-20-47(41)56(46)50-28-36(35-15-17-37(18-16-35)55-45-10-6-5-8-38(45)39-9-7-23-54-52(39)55)29-51(44(50)30-53)57-48-21-13-33(3)26-42(48)43-27-34(4)14-22-49(43)57/h5-29H,1-4H3. The molecular weight excluding hydrogens is 695 g/mol. The van der Waals surface area contributed by atoms with Crippen LogP contribution >= 0.6 is 0 Å². The molecule has 0 aliphatic carbocycles. The topological polar surface area (TPSA) is 51.5 Å². The largest absolute Gasteiger partial charge is 0.308 e. The number of rotatable bonds is 4. The number of hydrogen-bond acceptors (Lipinski definition) is 2. The minimum atomic E-state index is 0.617. The third-order valence-electron chi connectivity index (χ3n) is 11.7. The molecule has 57 heavy (non-hydrogen) atoms. The second-order valence-corrected chi connectivity index (χ2v) is 15.5. The summed E-state index contributed by atoms with van der Waals surface area (Å²) in [6, 6.07) is 55.1. The number of hydrogen-bond donors (Lipinski definition) is 0. The van der Waals surface area contributed by atoms with Crippen molar-refractivity contribution in [2.45, 2.75) is 27.7 Å². The molecule has 0 fully saturated rings. The van der Waals surface area contributed by atoms with Crippen LogP contribution in [0.5, 0.6) is 0 Å². The van der Waals surface area contributed by atoms with E-state index in [0.29, 0.717) is 5.56 Å². The monoisotopic (exact) mass is 731 g/mol. The average Bonchev–Trinajstić information content (AvgIpc) is 3.85. The fourth-order valence-electron chi connectivity index (χ4n) is 9.13. The van der Waals surface area contributed by atoms with Crippen LogP contribution in [0.3, 0.4) is 0 Å².